The van der Waals surface area contributed by atoms with Crippen molar-refractivity contribution in [2.45, 2.75) is 38.8 Å². The first kappa shape index (κ1) is 13.1. The highest BCUT2D eigenvalue weighted by atomic mass is 16.2. The van der Waals surface area contributed by atoms with Gasteiger partial charge in [0.15, 0.2) is 0 Å². The summed E-state index contributed by atoms with van der Waals surface area (Å²) in [6.45, 7) is 4.72. The number of hydrogen-bond donors (Lipinski definition) is 2. The van der Waals surface area contributed by atoms with E-state index in [-0.39, 0.29) is 11.9 Å². The molecule has 1 fully saturated rings. The van der Waals surface area contributed by atoms with Crippen molar-refractivity contribution in [1.29, 1.82) is 0 Å². The van der Waals surface area contributed by atoms with E-state index in [2.05, 4.69) is 22.5 Å². The zero-order valence-corrected chi connectivity index (χ0v) is 10.9. The molecule has 18 heavy (non-hydrogen) atoms. The molecule has 100 valence electrons. The van der Waals surface area contributed by atoms with E-state index in [1.165, 1.54) is 6.42 Å². The van der Waals surface area contributed by atoms with E-state index < -0.39 is 0 Å². The van der Waals surface area contributed by atoms with Crippen molar-refractivity contribution < 1.29 is 4.79 Å². The van der Waals surface area contributed by atoms with Crippen LogP contribution in [0, 0.1) is 5.92 Å². The molecular weight excluding hydrogens is 228 g/mol. The minimum Gasteiger partial charge on any atom is -0.355 e. The summed E-state index contributed by atoms with van der Waals surface area (Å²) in [5.41, 5.74) is 0. The summed E-state index contributed by atoms with van der Waals surface area (Å²) in [5.74, 6) is 0.584. The molecule has 0 saturated carbocycles. The second-order valence-corrected chi connectivity index (χ2v) is 5.00. The fourth-order valence-electron chi connectivity index (χ4n) is 2.40. The molecule has 1 aliphatic heterocycles. The molecule has 0 radical (unpaired) electrons. The van der Waals surface area contributed by atoms with Crippen LogP contribution in [0.1, 0.15) is 26.2 Å². The van der Waals surface area contributed by atoms with Crippen LogP contribution in [0.15, 0.2) is 18.7 Å². The first-order valence-corrected chi connectivity index (χ1v) is 6.74. The lowest BCUT2D eigenvalue weighted by Crippen LogP contribution is -2.51. The zero-order valence-electron chi connectivity index (χ0n) is 10.9. The standard InChI is InChI=1S/C13H22N4O/c1-11-4-2-5-15-12(11)13(18)16-6-3-8-17-9-7-14-10-17/h7,9-12,15H,2-6,8H2,1H3,(H,16,18). The van der Waals surface area contributed by atoms with Gasteiger partial charge in [0.05, 0.1) is 12.4 Å². The largest absolute Gasteiger partial charge is 0.355 e. The van der Waals surface area contributed by atoms with Gasteiger partial charge < -0.3 is 15.2 Å². The number of aryl methyl sites for hydroxylation is 1. The van der Waals surface area contributed by atoms with Crippen LogP contribution in [-0.2, 0) is 11.3 Å². The molecule has 0 aliphatic carbocycles. The molecule has 0 aromatic carbocycles. The molecule has 2 atom stereocenters. The Bertz CT molecular complexity index is 363. The Kier molecular flexibility index (Phi) is 4.75. The van der Waals surface area contributed by atoms with E-state index in [1.54, 1.807) is 12.5 Å². The SMILES string of the molecule is CC1CCCNC1C(=O)NCCCn1ccnc1. The van der Waals surface area contributed by atoms with Gasteiger partial charge in [-0.15, -0.1) is 0 Å². The number of hydrogen-bond acceptors (Lipinski definition) is 3. The Morgan fingerprint density at radius 3 is 3.22 bits per heavy atom. The maximum absolute atomic E-state index is 12.0. The van der Waals surface area contributed by atoms with E-state index in [0.717, 1.165) is 32.5 Å². The molecule has 1 saturated heterocycles. The third kappa shape index (κ3) is 3.57. The monoisotopic (exact) mass is 250 g/mol. The predicted molar refractivity (Wildman–Crippen MR) is 70.0 cm³/mol. The maximum Gasteiger partial charge on any atom is 0.237 e. The van der Waals surface area contributed by atoms with Gasteiger partial charge in [0.2, 0.25) is 5.91 Å². The summed E-state index contributed by atoms with van der Waals surface area (Å²) in [6, 6.07) is -0.00741. The van der Waals surface area contributed by atoms with Crippen molar-refractivity contribution in [3.8, 4) is 0 Å². The summed E-state index contributed by atoms with van der Waals surface area (Å²) in [4.78, 5) is 16.0. The molecule has 2 rings (SSSR count). The number of aromatic nitrogens is 2. The van der Waals surface area contributed by atoms with Crippen molar-refractivity contribution in [1.82, 2.24) is 20.2 Å². The van der Waals surface area contributed by atoms with Crippen LogP contribution < -0.4 is 10.6 Å². The third-order valence-corrected chi connectivity index (χ3v) is 3.50. The van der Waals surface area contributed by atoms with Crippen LogP contribution in [0.25, 0.3) is 0 Å². The van der Waals surface area contributed by atoms with Gasteiger partial charge >= 0.3 is 0 Å². The molecule has 1 aromatic heterocycles. The molecule has 1 amide bonds. The molecule has 1 aliphatic rings. The number of imidazole rings is 1. The van der Waals surface area contributed by atoms with E-state index in [1.807, 2.05) is 10.8 Å². The molecule has 2 unspecified atom stereocenters. The van der Waals surface area contributed by atoms with Crippen LogP contribution in [0.4, 0.5) is 0 Å². The molecular formula is C13H22N4O. The lowest BCUT2D eigenvalue weighted by atomic mass is 9.92. The molecule has 5 heteroatoms. The number of nitrogens with one attached hydrogen (secondary N) is 2. The normalized spacial score (nSPS) is 23.8. The average Bonchev–Trinajstić information content (AvgIpc) is 2.88. The molecule has 2 heterocycles. The second-order valence-electron chi connectivity index (χ2n) is 5.00. The first-order chi connectivity index (χ1) is 8.77. The molecule has 0 bridgehead atoms. The zero-order chi connectivity index (χ0) is 12.8. The van der Waals surface area contributed by atoms with Crippen molar-refractivity contribution in [3.63, 3.8) is 0 Å². The highest BCUT2D eigenvalue weighted by molar-refractivity contribution is 5.82. The number of nitrogens with zero attached hydrogens (tertiary/aromatic N) is 2. The van der Waals surface area contributed by atoms with E-state index in [0.29, 0.717) is 5.92 Å². The Morgan fingerprint density at radius 1 is 1.61 bits per heavy atom. The van der Waals surface area contributed by atoms with Gasteiger partial charge in [0, 0.05) is 25.5 Å². The van der Waals surface area contributed by atoms with Gasteiger partial charge in [0.1, 0.15) is 0 Å². The van der Waals surface area contributed by atoms with Crippen LogP contribution in [0.2, 0.25) is 0 Å². The number of piperidine rings is 1. The number of amides is 1. The lowest BCUT2D eigenvalue weighted by molar-refractivity contribution is -0.124. The smallest absolute Gasteiger partial charge is 0.237 e. The average molecular weight is 250 g/mol. The summed E-state index contributed by atoms with van der Waals surface area (Å²) >= 11 is 0. The van der Waals surface area contributed by atoms with E-state index in [4.69, 9.17) is 0 Å². The number of carbonyl (C=O) groups excluding carboxylic acids is 1. The Labute approximate surface area is 108 Å². The second kappa shape index (κ2) is 6.54. The Hall–Kier alpha value is -1.36. The van der Waals surface area contributed by atoms with Crippen molar-refractivity contribution in [2.75, 3.05) is 13.1 Å². The minimum atomic E-state index is -0.00741. The predicted octanol–water partition coefficient (Wildman–Crippen LogP) is 0.777. The van der Waals surface area contributed by atoms with Gasteiger partial charge in [-0.2, -0.15) is 0 Å². The molecule has 5 nitrogen and oxygen atoms in total. The Morgan fingerprint density at radius 2 is 2.50 bits per heavy atom. The third-order valence-electron chi connectivity index (χ3n) is 3.50. The van der Waals surface area contributed by atoms with Gasteiger partial charge in [-0.3, -0.25) is 4.79 Å². The van der Waals surface area contributed by atoms with Crippen LogP contribution in [-0.4, -0.2) is 34.6 Å². The molecule has 0 spiro atoms. The topological polar surface area (TPSA) is 59.0 Å². The van der Waals surface area contributed by atoms with Gasteiger partial charge in [-0.25, -0.2) is 4.98 Å². The van der Waals surface area contributed by atoms with Gasteiger partial charge in [-0.1, -0.05) is 6.92 Å². The highest BCUT2D eigenvalue weighted by Crippen LogP contribution is 2.15. The summed E-state index contributed by atoms with van der Waals surface area (Å²) in [6.07, 6.45) is 8.75. The van der Waals surface area contributed by atoms with Crippen molar-refractivity contribution in [3.05, 3.63) is 18.7 Å². The van der Waals surface area contributed by atoms with Crippen molar-refractivity contribution >= 4 is 5.91 Å². The summed E-state index contributed by atoms with van der Waals surface area (Å²) < 4.78 is 2.02. The maximum atomic E-state index is 12.0. The summed E-state index contributed by atoms with van der Waals surface area (Å²) in [7, 11) is 0. The summed E-state index contributed by atoms with van der Waals surface area (Å²) in [5, 5.41) is 6.31. The molecule has 1 aromatic rings. The Balaban J connectivity index is 1.65. The van der Waals surface area contributed by atoms with Gasteiger partial charge in [0.25, 0.3) is 0 Å². The lowest BCUT2D eigenvalue weighted by Gasteiger charge is -2.28. The quantitative estimate of drug-likeness (QED) is 0.759. The number of rotatable bonds is 5. The van der Waals surface area contributed by atoms with E-state index in [9.17, 15) is 4.79 Å². The fraction of sp³-hybridized carbons (Fsp3) is 0.692. The minimum absolute atomic E-state index is 0.00741. The highest BCUT2D eigenvalue weighted by Gasteiger charge is 2.26. The van der Waals surface area contributed by atoms with Crippen LogP contribution in [0.5, 0.6) is 0 Å². The van der Waals surface area contributed by atoms with Crippen molar-refractivity contribution in [2.24, 2.45) is 5.92 Å². The van der Waals surface area contributed by atoms with E-state index >= 15 is 0 Å². The van der Waals surface area contributed by atoms with Crippen LogP contribution >= 0.6 is 0 Å². The fourth-order valence-corrected chi connectivity index (χ4v) is 2.40. The van der Waals surface area contributed by atoms with Crippen LogP contribution in [0.3, 0.4) is 0 Å². The molecule has 2 N–H and O–H groups in total. The van der Waals surface area contributed by atoms with Gasteiger partial charge in [-0.05, 0) is 31.7 Å². The first-order valence-electron chi connectivity index (χ1n) is 6.74. The number of carbonyl (C=O) groups is 1.